The molecule has 1 aliphatic carbocycles. The molecular formula is C10H11ClIN. The fourth-order valence-corrected chi connectivity index (χ4v) is 2.13. The third kappa shape index (κ3) is 2.74. The van der Waals surface area contributed by atoms with Crippen LogP contribution in [0, 0.1) is 9.49 Å². The highest BCUT2D eigenvalue weighted by Gasteiger charge is 2.20. The van der Waals surface area contributed by atoms with Gasteiger partial charge in [-0.15, -0.1) is 0 Å². The van der Waals surface area contributed by atoms with Gasteiger partial charge in [-0.05, 0) is 59.5 Å². The lowest BCUT2D eigenvalue weighted by Gasteiger charge is -2.07. The summed E-state index contributed by atoms with van der Waals surface area (Å²) in [6.45, 7) is 1.07. The molecule has 70 valence electrons. The van der Waals surface area contributed by atoms with Gasteiger partial charge < -0.3 is 5.32 Å². The number of halogens is 2. The molecule has 0 amide bonds. The third-order valence-electron chi connectivity index (χ3n) is 2.21. The number of hydrogen-bond donors (Lipinski definition) is 1. The fourth-order valence-electron chi connectivity index (χ4n) is 1.21. The highest BCUT2D eigenvalue weighted by Crippen LogP contribution is 2.30. The maximum absolute atomic E-state index is 6.07. The summed E-state index contributed by atoms with van der Waals surface area (Å²) in [7, 11) is 0. The molecule has 1 N–H and O–H groups in total. The normalized spacial score (nSPS) is 15.8. The number of anilines is 1. The molecule has 1 aromatic rings. The molecule has 1 fully saturated rings. The van der Waals surface area contributed by atoms with Gasteiger partial charge in [0.05, 0.1) is 10.7 Å². The van der Waals surface area contributed by atoms with Gasteiger partial charge in [-0.2, -0.15) is 0 Å². The van der Waals surface area contributed by atoms with Gasteiger partial charge in [-0.25, -0.2) is 0 Å². The third-order valence-corrected chi connectivity index (χ3v) is 3.19. The summed E-state index contributed by atoms with van der Waals surface area (Å²) in [6.07, 6.45) is 2.74. The maximum atomic E-state index is 6.07. The number of hydrogen-bond acceptors (Lipinski definition) is 1. The van der Waals surface area contributed by atoms with Gasteiger partial charge in [0.15, 0.2) is 0 Å². The second-order valence-corrected chi connectivity index (χ2v) is 5.10. The molecule has 0 saturated heterocycles. The standard InChI is InChI=1S/C10H11ClIN/c11-9-5-8(12)3-4-10(9)13-6-7-1-2-7/h3-5,7,13H,1-2,6H2. The maximum Gasteiger partial charge on any atom is 0.0648 e. The molecule has 1 saturated carbocycles. The van der Waals surface area contributed by atoms with Crippen molar-refractivity contribution in [3.05, 3.63) is 26.8 Å². The van der Waals surface area contributed by atoms with Crippen molar-refractivity contribution in [3.8, 4) is 0 Å². The smallest absolute Gasteiger partial charge is 0.0648 e. The minimum absolute atomic E-state index is 0.826. The lowest BCUT2D eigenvalue weighted by atomic mass is 10.3. The van der Waals surface area contributed by atoms with E-state index in [1.165, 1.54) is 16.4 Å². The van der Waals surface area contributed by atoms with E-state index in [9.17, 15) is 0 Å². The quantitative estimate of drug-likeness (QED) is 0.838. The molecule has 0 atom stereocenters. The van der Waals surface area contributed by atoms with Crippen molar-refractivity contribution in [1.82, 2.24) is 0 Å². The number of rotatable bonds is 3. The minimum Gasteiger partial charge on any atom is -0.384 e. The molecule has 0 spiro atoms. The van der Waals surface area contributed by atoms with Crippen LogP contribution in [0.5, 0.6) is 0 Å². The Morgan fingerprint density at radius 1 is 1.46 bits per heavy atom. The molecule has 13 heavy (non-hydrogen) atoms. The van der Waals surface area contributed by atoms with Crippen LogP contribution in [0.4, 0.5) is 5.69 Å². The highest BCUT2D eigenvalue weighted by atomic mass is 127. The zero-order chi connectivity index (χ0) is 9.26. The second-order valence-electron chi connectivity index (χ2n) is 3.45. The zero-order valence-corrected chi connectivity index (χ0v) is 10.1. The van der Waals surface area contributed by atoms with Gasteiger partial charge in [0.25, 0.3) is 0 Å². The van der Waals surface area contributed by atoms with E-state index in [-0.39, 0.29) is 0 Å². The SMILES string of the molecule is Clc1cc(I)ccc1NCC1CC1. The van der Waals surface area contributed by atoms with Crippen molar-refractivity contribution >= 4 is 39.9 Å². The molecule has 2 rings (SSSR count). The first-order valence-electron chi connectivity index (χ1n) is 4.44. The molecule has 0 unspecified atom stereocenters. The van der Waals surface area contributed by atoms with Crippen molar-refractivity contribution < 1.29 is 0 Å². The summed E-state index contributed by atoms with van der Waals surface area (Å²) in [5.41, 5.74) is 1.06. The Morgan fingerprint density at radius 2 is 2.23 bits per heavy atom. The van der Waals surface area contributed by atoms with Gasteiger partial charge >= 0.3 is 0 Å². The predicted molar refractivity (Wildman–Crippen MR) is 65.4 cm³/mol. The van der Waals surface area contributed by atoms with Gasteiger partial charge in [-0.3, -0.25) is 0 Å². The Kier molecular flexibility index (Phi) is 2.99. The summed E-state index contributed by atoms with van der Waals surface area (Å²) in [5, 5.41) is 4.19. The Bertz CT molecular complexity index is 310. The molecule has 0 aromatic heterocycles. The summed E-state index contributed by atoms with van der Waals surface area (Å²) in [5.74, 6) is 0.885. The largest absolute Gasteiger partial charge is 0.384 e. The molecule has 0 radical (unpaired) electrons. The monoisotopic (exact) mass is 307 g/mol. The van der Waals surface area contributed by atoms with Crippen molar-refractivity contribution in [3.63, 3.8) is 0 Å². The van der Waals surface area contributed by atoms with Gasteiger partial charge in [0.1, 0.15) is 0 Å². The van der Waals surface area contributed by atoms with Crippen LogP contribution < -0.4 is 5.32 Å². The number of nitrogens with one attached hydrogen (secondary N) is 1. The van der Waals surface area contributed by atoms with Crippen molar-refractivity contribution in [2.24, 2.45) is 5.92 Å². The predicted octanol–water partition coefficient (Wildman–Crippen LogP) is 3.77. The Labute approximate surface area is 97.0 Å². The van der Waals surface area contributed by atoms with Gasteiger partial charge in [0.2, 0.25) is 0 Å². The molecule has 1 nitrogen and oxygen atoms in total. The second kappa shape index (κ2) is 4.05. The first kappa shape index (κ1) is 9.59. The van der Waals surface area contributed by atoms with Crippen LogP contribution in [0.3, 0.4) is 0 Å². The average molecular weight is 308 g/mol. The topological polar surface area (TPSA) is 12.0 Å². The van der Waals surface area contributed by atoms with Crippen molar-refractivity contribution in [2.75, 3.05) is 11.9 Å². The molecule has 1 aromatic carbocycles. The first-order valence-corrected chi connectivity index (χ1v) is 5.90. The molecular weight excluding hydrogens is 296 g/mol. The fraction of sp³-hybridized carbons (Fsp3) is 0.400. The lowest BCUT2D eigenvalue weighted by Crippen LogP contribution is -2.03. The lowest BCUT2D eigenvalue weighted by molar-refractivity contribution is 0.889. The minimum atomic E-state index is 0.826. The van der Waals surface area contributed by atoms with Gasteiger partial charge in [-0.1, -0.05) is 11.6 Å². The van der Waals surface area contributed by atoms with Crippen LogP contribution in [0.15, 0.2) is 18.2 Å². The van der Waals surface area contributed by atoms with E-state index >= 15 is 0 Å². The Hall–Kier alpha value is 0.0400. The average Bonchev–Trinajstić information content (AvgIpc) is 2.86. The summed E-state index contributed by atoms with van der Waals surface area (Å²) in [6, 6.07) is 6.10. The molecule has 1 aliphatic rings. The Morgan fingerprint density at radius 3 is 2.85 bits per heavy atom. The first-order chi connectivity index (χ1) is 6.25. The zero-order valence-electron chi connectivity index (χ0n) is 7.19. The molecule has 0 bridgehead atoms. The molecule has 0 heterocycles. The van der Waals surface area contributed by atoms with E-state index in [1.807, 2.05) is 12.1 Å². The molecule has 3 heteroatoms. The van der Waals surface area contributed by atoms with Crippen molar-refractivity contribution in [1.29, 1.82) is 0 Å². The summed E-state index contributed by atoms with van der Waals surface area (Å²) >= 11 is 8.33. The van der Waals surface area contributed by atoms with Gasteiger partial charge in [0, 0.05) is 10.1 Å². The van der Waals surface area contributed by atoms with E-state index in [1.54, 1.807) is 0 Å². The van der Waals surface area contributed by atoms with E-state index in [2.05, 4.69) is 34.0 Å². The van der Waals surface area contributed by atoms with Crippen LogP contribution in [-0.2, 0) is 0 Å². The van der Waals surface area contributed by atoms with Crippen LogP contribution in [0.1, 0.15) is 12.8 Å². The number of benzene rings is 1. The van der Waals surface area contributed by atoms with Crippen LogP contribution in [0.2, 0.25) is 5.02 Å². The van der Waals surface area contributed by atoms with E-state index < -0.39 is 0 Å². The van der Waals surface area contributed by atoms with Crippen molar-refractivity contribution in [2.45, 2.75) is 12.8 Å². The highest BCUT2D eigenvalue weighted by molar-refractivity contribution is 14.1. The summed E-state index contributed by atoms with van der Waals surface area (Å²) in [4.78, 5) is 0. The van der Waals surface area contributed by atoms with E-state index in [0.717, 1.165) is 23.2 Å². The van der Waals surface area contributed by atoms with Crippen LogP contribution in [0.25, 0.3) is 0 Å². The van der Waals surface area contributed by atoms with E-state index in [4.69, 9.17) is 11.6 Å². The summed E-state index contributed by atoms with van der Waals surface area (Å²) < 4.78 is 1.18. The van der Waals surface area contributed by atoms with Crippen LogP contribution in [-0.4, -0.2) is 6.54 Å². The van der Waals surface area contributed by atoms with E-state index in [0.29, 0.717) is 0 Å². The molecule has 0 aliphatic heterocycles. The Balaban J connectivity index is 2.01. The van der Waals surface area contributed by atoms with Crippen LogP contribution >= 0.6 is 34.2 Å².